The predicted molar refractivity (Wildman–Crippen MR) is 62.6 cm³/mol. The van der Waals surface area contributed by atoms with Crippen LogP contribution in [0.5, 0.6) is 0 Å². The van der Waals surface area contributed by atoms with Gasteiger partial charge in [0, 0.05) is 34.0 Å². The number of hydrogen-bond donors (Lipinski definition) is 0. The minimum atomic E-state index is 0.463. The molecule has 0 aliphatic rings. The Kier molecular flexibility index (Phi) is 4.14. The molecule has 15 heavy (non-hydrogen) atoms. The zero-order valence-corrected chi connectivity index (χ0v) is 10.5. The summed E-state index contributed by atoms with van der Waals surface area (Å²) in [6.45, 7) is 2.16. The van der Waals surface area contributed by atoms with Crippen LogP contribution < -0.4 is 0 Å². The molecule has 0 saturated heterocycles. The molecule has 0 aliphatic carbocycles. The molecule has 0 saturated carbocycles. The summed E-state index contributed by atoms with van der Waals surface area (Å²) in [4.78, 5) is 2.94. The molecule has 0 aliphatic heterocycles. The van der Waals surface area contributed by atoms with Crippen LogP contribution in [-0.4, -0.2) is 44.2 Å². The van der Waals surface area contributed by atoms with Crippen molar-refractivity contribution in [2.45, 2.75) is 19.8 Å². The fraction of sp³-hybridized carbons (Fsp3) is 0.778. The Morgan fingerprint density at radius 1 is 1.53 bits per heavy atom. The molecule has 1 aromatic heterocycles. The van der Waals surface area contributed by atoms with Crippen molar-refractivity contribution in [3.05, 3.63) is 5.82 Å². The summed E-state index contributed by atoms with van der Waals surface area (Å²) >= 11 is 5.25. The van der Waals surface area contributed by atoms with Crippen LogP contribution in [0.1, 0.15) is 19.2 Å². The number of aryl methyl sites for hydroxylation is 1. The van der Waals surface area contributed by atoms with Crippen LogP contribution in [0.3, 0.4) is 0 Å². The van der Waals surface area contributed by atoms with Gasteiger partial charge in [-0.05, 0) is 16.3 Å². The molecule has 1 aromatic rings. The lowest BCUT2D eigenvalue weighted by Gasteiger charge is -2.17. The molecule has 1 rings (SSSR count). The third-order valence-corrected chi connectivity index (χ3v) is 2.79. The Morgan fingerprint density at radius 3 is 2.67 bits per heavy atom. The van der Waals surface area contributed by atoms with Crippen LogP contribution in [0, 0.1) is 5.92 Å². The monoisotopic (exact) mass is 227 g/mol. The van der Waals surface area contributed by atoms with Crippen LogP contribution in [0.2, 0.25) is 0 Å². The zero-order chi connectivity index (χ0) is 11.4. The number of hydrogen-bond acceptors (Lipinski definition) is 4. The van der Waals surface area contributed by atoms with Crippen molar-refractivity contribution in [3.8, 4) is 0 Å². The second-order valence-electron chi connectivity index (χ2n) is 4.02. The van der Waals surface area contributed by atoms with Gasteiger partial charge in [-0.25, -0.2) is 4.68 Å². The second-order valence-corrected chi connectivity index (χ2v) is 4.49. The Labute approximate surface area is 95.5 Å². The molecule has 0 spiro atoms. The smallest absolute Gasteiger partial charge is 0.151 e. The van der Waals surface area contributed by atoms with E-state index in [-0.39, 0.29) is 0 Å². The summed E-state index contributed by atoms with van der Waals surface area (Å²) in [6, 6.07) is 0. The van der Waals surface area contributed by atoms with E-state index in [1.54, 1.807) is 4.68 Å². The third kappa shape index (κ3) is 3.54. The molecule has 1 atom stereocenters. The first kappa shape index (κ1) is 12.0. The molecule has 1 heterocycles. The topological polar surface area (TPSA) is 46.8 Å². The summed E-state index contributed by atoms with van der Waals surface area (Å²) < 4.78 is 1.70. The molecule has 0 aromatic carbocycles. The van der Waals surface area contributed by atoms with Gasteiger partial charge in [0.1, 0.15) is 0 Å². The van der Waals surface area contributed by atoms with Gasteiger partial charge in [0.25, 0.3) is 0 Å². The molecule has 0 fully saturated rings. The summed E-state index contributed by atoms with van der Waals surface area (Å²) in [5.74, 6) is 1.37. The van der Waals surface area contributed by atoms with Crippen molar-refractivity contribution in [2.24, 2.45) is 13.0 Å². The molecule has 0 radical (unpaired) electrons. The highest BCUT2D eigenvalue weighted by Crippen LogP contribution is 2.10. The number of nitrogens with zero attached hydrogens (tertiary/aromatic N) is 5. The van der Waals surface area contributed by atoms with Gasteiger partial charge in [-0.3, -0.25) is 0 Å². The molecule has 0 bridgehead atoms. The van der Waals surface area contributed by atoms with Gasteiger partial charge in [0.05, 0.1) is 4.99 Å². The van der Waals surface area contributed by atoms with Crippen LogP contribution in [0.4, 0.5) is 0 Å². The van der Waals surface area contributed by atoms with E-state index in [2.05, 4.69) is 22.4 Å². The maximum absolute atomic E-state index is 5.25. The van der Waals surface area contributed by atoms with Gasteiger partial charge in [-0.15, -0.1) is 5.10 Å². The molecular formula is C9H17N5S. The first-order valence-electron chi connectivity index (χ1n) is 4.92. The molecule has 6 heteroatoms. The van der Waals surface area contributed by atoms with Gasteiger partial charge in [-0.1, -0.05) is 19.1 Å². The summed E-state index contributed by atoms with van der Waals surface area (Å²) in [6.07, 6.45) is 1.76. The third-order valence-electron chi connectivity index (χ3n) is 2.26. The highest BCUT2D eigenvalue weighted by atomic mass is 32.1. The maximum atomic E-state index is 5.25. The zero-order valence-electron chi connectivity index (χ0n) is 9.64. The summed E-state index contributed by atoms with van der Waals surface area (Å²) in [7, 11) is 5.80. The normalized spacial score (nSPS) is 12.5. The first-order chi connectivity index (χ1) is 7.00. The Bertz CT molecular complexity index is 333. The van der Waals surface area contributed by atoms with Gasteiger partial charge in [0.15, 0.2) is 5.82 Å². The first-order valence-corrected chi connectivity index (χ1v) is 5.33. The standard InChI is InChI=1S/C9H17N5S/c1-7(6-9(15)13(2)3)5-8-10-11-12-14(8)4/h7H,5-6H2,1-4H3. The molecule has 0 amide bonds. The lowest BCUT2D eigenvalue weighted by atomic mass is 10.0. The number of rotatable bonds is 4. The average Bonchev–Trinajstić information content (AvgIpc) is 2.51. The number of tetrazole rings is 1. The van der Waals surface area contributed by atoms with E-state index in [4.69, 9.17) is 12.2 Å². The van der Waals surface area contributed by atoms with E-state index < -0.39 is 0 Å². The van der Waals surface area contributed by atoms with E-state index in [1.807, 2.05) is 26.0 Å². The van der Waals surface area contributed by atoms with Crippen molar-refractivity contribution in [3.63, 3.8) is 0 Å². The van der Waals surface area contributed by atoms with Gasteiger partial charge < -0.3 is 4.90 Å². The van der Waals surface area contributed by atoms with Crippen molar-refractivity contribution >= 4 is 17.2 Å². The lowest BCUT2D eigenvalue weighted by Crippen LogP contribution is -2.22. The molecule has 0 N–H and O–H groups in total. The molecule has 5 nitrogen and oxygen atoms in total. The largest absolute Gasteiger partial charge is 0.372 e. The minimum absolute atomic E-state index is 0.463. The lowest BCUT2D eigenvalue weighted by molar-refractivity contribution is 0.526. The fourth-order valence-electron chi connectivity index (χ4n) is 1.29. The summed E-state index contributed by atoms with van der Waals surface area (Å²) in [5.41, 5.74) is 0. The molecule has 1 unspecified atom stereocenters. The van der Waals surface area contributed by atoms with E-state index in [0.717, 1.165) is 23.7 Å². The van der Waals surface area contributed by atoms with Crippen LogP contribution in [0.15, 0.2) is 0 Å². The van der Waals surface area contributed by atoms with Gasteiger partial charge in [0.2, 0.25) is 0 Å². The number of aromatic nitrogens is 4. The van der Waals surface area contributed by atoms with E-state index in [9.17, 15) is 0 Å². The Balaban J connectivity index is 2.46. The van der Waals surface area contributed by atoms with Crippen molar-refractivity contribution < 1.29 is 0 Å². The molecular weight excluding hydrogens is 210 g/mol. The van der Waals surface area contributed by atoms with E-state index in [1.165, 1.54) is 0 Å². The minimum Gasteiger partial charge on any atom is -0.372 e. The van der Waals surface area contributed by atoms with E-state index in [0.29, 0.717) is 5.92 Å². The quantitative estimate of drug-likeness (QED) is 0.707. The van der Waals surface area contributed by atoms with Crippen LogP contribution >= 0.6 is 12.2 Å². The number of thiocarbonyl (C=S) groups is 1. The SMILES string of the molecule is CC(CC(=S)N(C)C)Cc1nnnn1C. The average molecular weight is 227 g/mol. The Hall–Kier alpha value is -1.04. The highest BCUT2D eigenvalue weighted by molar-refractivity contribution is 7.80. The summed E-state index contributed by atoms with van der Waals surface area (Å²) in [5, 5.41) is 11.4. The fourth-order valence-corrected chi connectivity index (χ4v) is 1.57. The van der Waals surface area contributed by atoms with Gasteiger partial charge in [-0.2, -0.15) is 0 Å². The molecule has 84 valence electrons. The van der Waals surface area contributed by atoms with Crippen LogP contribution in [0.25, 0.3) is 0 Å². The van der Waals surface area contributed by atoms with E-state index >= 15 is 0 Å². The van der Waals surface area contributed by atoms with Gasteiger partial charge >= 0.3 is 0 Å². The Morgan fingerprint density at radius 2 is 2.20 bits per heavy atom. The van der Waals surface area contributed by atoms with Crippen molar-refractivity contribution in [1.82, 2.24) is 25.1 Å². The maximum Gasteiger partial charge on any atom is 0.151 e. The predicted octanol–water partition coefficient (Wildman–Crippen LogP) is 0.668. The highest BCUT2D eigenvalue weighted by Gasteiger charge is 2.11. The van der Waals surface area contributed by atoms with Crippen LogP contribution in [-0.2, 0) is 13.5 Å². The second kappa shape index (κ2) is 5.16. The van der Waals surface area contributed by atoms with Crippen molar-refractivity contribution in [1.29, 1.82) is 0 Å². The van der Waals surface area contributed by atoms with Crippen molar-refractivity contribution in [2.75, 3.05) is 14.1 Å².